The third-order valence-electron chi connectivity index (χ3n) is 4.28. The Morgan fingerprint density at radius 1 is 1.11 bits per heavy atom. The van der Waals surface area contributed by atoms with Crippen LogP contribution in [0.4, 0.5) is 20.2 Å². The van der Waals surface area contributed by atoms with Gasteiger partial charge in [0.2, 0.25) is 0 Å². The van der Waals surface area contributed by atoms with Crippen molar-refractivity contribution in [1.82, 2.24) is 0 Å². The molecule has 19 heavy (non-hydrogen) atoms. The van der Waals surface area contributed by atoms with Crippen LogP contribution >= 0.6 is 0 Å². The minimum atomic E-state index is -0.772. The zero-order valence-corrected chi connectivity index (χ0v) is 11.1. The van der Waals surface area contributed by atoms with E-state index in [9.17, 15) is 8.78 Å². The van der Waals surface area contributed by atoms with E-state index in [1.54, 1.807) is 0 Å². The van der Waals surface area contributed by atoms with E-state index >= 15 is 0 Å². The van der Waals surface area contributed by atoms with Gasteiger partial charge in [0.25, 0.3) is 0 Å². The van der Waals surface area contributed by atoms with E-state index in [4.69, 9.17) is 0 Å². The number of hydrogen-bond donors (Lipinski definition) is 1. The summed E-state index contributed by atoms with van der Waals surface area (Å²) in [7, 11) is 0. The molecule has 0 bridgehead atoms. The lowest BCUT2D eigenvalue weighted by Gasteiger charge is -2.36. The van der Waals surface area contributed by atoms with E-state index in [-0.39, 0.29) is 0 Å². The Labute approximate surface area is 112 Å². The summed E-state index contributed by atoms with van der Waals surface area (Å²) in [6.07, 6.45) is 6.49. The van der Waals surface area contributed by atoms with Crippen LogP contribution in [0.15, 0.2) is 12.1 Å². The third kappa shape index (κ3) is 2.67. The maximum atomic E-state index is 13.4. The van der Waals surface area contributed by atoms with Crippen LogP contribution in [0.1, 0.15) is 32.1 Å². The highest BCUT2D eigenvalue weighted by atomic mass is 19.2. The number of nitrogens with one attached hydrogen (secondary N) is 1. The highest BCUT2D eigenvalue weighted by Crippen LogP contribution is 2.33. The first kappa shape index (κ1) is 12.7. The number of nitrogens with zero attached hydrogens (tertiary/aromatic N) is 1. The molecule has 0 spiro atoms. The van der Waals surface area contributed by atoms with Crippen LogP contribution < -0.4 is 10.2 Å². The lowest BCUT2D eigenvalue weighted by atomic mass is 9.88. The first-order chi connectivity index (χ1) is 9.24. The summed E-state index contributed by atoms with van der Waals surface area (Å²) in [5, 5.41) is 3.15. The Kier molecular flexibility index (Phi) is 3.58. The molecule has 104 valence electrons. The number of rotatable bonds is 2. The molecule has 0 amide bonds. The molecule has 0 atom stereocenters. The normalized spacial score (nSPS) is 20.0. The van der Waals surface area contributed by atoms with Gasteiger partial charge in [0.1, 0.15) is 0 Å². The largest absolute Gasteiger partial charge is 0.382 e. The van der Waals surface area contributed by atoms with Crippen molar-refractivity contribution in [2.75, 3.05) is 29.9 Å². The van der Waals surface area contributed by atoms with E-state index in [0.29, 0.717) is 5.92 Å². The highest BCUT2D eigenvalue weighted by Gasteiger charge is 2.23. The Balaban J connectivity index is 1.79. The summed E-state index contributed by atoms with van der Waals surface area (Å²) in [4.78, 5) is 2.21. The van der Waals surface area contributed by atoms with Gasteiger partial charge in [-0.3, -0.25) is 0 Å². The molecule has 1 aliphatic carbocycles. The van der Waals surface area contributed by atoms with Crippen molar-refractivity contribution in [2.45, 2.75) is 32.1 Å². The smallest absolute Gasteiger partial charge is 0.161 e. The van der Waals surface area contributed by atoms with Crippen molar-refractivity contribution in [2.24, 2.45) is 5.92 Å². The molecule has 2 aliphatic rings. The van der Waals surface area contributed by atoms with Gasteiger partial charge in [0.15, 0.2) is 11.6 Å². The van der Waals surface area contributed by atoms with E-state index < -0.39 is 11.6 Å². The maximum Gasteiger partial charge on any atom is 0.161 e. The fourth-order valence-corrected chi connectivity index (χ4v) is 3.26. The fourth-order valence-electron chi connectivity index (χ4n) is 3.26. The van der Waals surface area contributed by atoms with Gasteiger partial charge in [0, 0.05) is 31.8 Å². The van der Waals surface area contributed by atoms with Crippen LogP contribution in [-0.4, -0.2) is 19.6 Å². The summed E-state index contributed by atoms with van der Waals surface area (Å²) in [6.45, 7) is 2.64. The summed E-state index contributed by atoms with van der Waals surface area (Å²) < 4.78 is 26.7. The van der Waals surface area contributed by atoms with Crippen molar-refractivity contribution in [3.05, 3.63) is 23.8 Å². The molecule has 3 rings (SSSR count). The highest BCUT2D eigenvalue weighted by molar-refractivity contribution is 5.72. The molecule has 1 saturated carbocycles. The van der Waals surface area contributed by atoms with Gasteiger partial charge in [-0.2, -0.15) is 0 Å². The number of benzene rings is 1. The van der Waals surface area contributed by atoms with Gasteiger partial charge in [-0.05, 0) is 18.8 Å². The molecular weight excluding hydrogens is 246 g/mol. The van der Waals surface area contributed by atoms with Crippen molar-refractivity contribution in [3.8, 4) is 0 Å². The van der Waals surface area contributed by atoms with Crippen LogP contribution in [0.25, 0.3) is 0 Å². The van der Waals surface area contributed by atoms with Crippen molar-refractivity contribution in [1.29, 1.82) is 0 Å². The minimum absolute atomic E-state index is 0.702. The molecule has 0 unspecified atom stereocenters. The van der Waals surface area contributed by atoms with Crippen LogP contribution in [0.3, 0.4) is 0 Å². The molecular formula is C15H20F2N2. The van der Waals surface area contributed by atoms with Crippen LogP contribution in [0.5, 0.6) is 0 Å². The number of anilines is 2. The average molecular weight is 266 g/mol. The second-order valence-electron chi connectivity index (χ2n) is 5.66. The molecule has 1 N–H and O–H groups in total. The third-order valence-corrected chi connectivity index (χ3v) is 4.28. The van der Waals surface area contributed by atoms with Gasteiger partial charge in [-0.1, -0.05) is 19.3 Å². The van der Waals surface area contributed by atoms with Crippen molar-refractivity contribution >= 4 is 11.4 Å². The van der Waals surface area contributed by atoms with Crippen LogP contribution in [0.2, 0.25) is 0 Å². The molecule has 0 radical (unpaired) electrons. The molecule has 1 fully saturated rings. The predicted octanol–water partition coefficient (Wildman–Crippen LogP) is 3.78. The SMILES string of the molecule is Fc1cc2c(cc1F)N(CC1CCCCC1)CCN2. The first-order valence-electron chi connectivity index (χ1n) is 7.22. The van der Waals surface area contributed by atoms with Gasteiger partial charge < -0.3 is 10.2 Å². The zero-order chi connectivity index (χ0) is 13.2. The molecule has 2 nitrogen and oxygen atoms in total. The van der Waals surface area contributed by atoms with Crippen LogP contribution in [0, 0.1) is 17.6 Å². The Morgan fingerprint density at radius 2 is 1.84 bits per heavy atom. The summed E-state index contributed by atoms with van der Waals surface area (Å²) in [5.74, 6) is -0.824. The Morgan fingerprint density at radius 3 is 2.63 bits per heavy atom. The number of hydrogen-bond acceptors (Lipinski definition) is 2. The van der Waals surface area contributed by atoms with E-state index in [2.05, 4.69) is 10.2 Å². The Hall–Kier alpha value is -1.32. The lowest BCUT2D eigenvalue weighted by molar-refractivity contribution is 0.358. The summed E-state index contributed by atoms with van der Waals surface area (Å²) >= 11 is 0. The number of halogens is 2. The molecule has 0 saturated heterocycles. The minimum Gasteiger partial charge on any atom is -0.382 e. The molecule has 1 aliphatic heterocycles. The van der Waals surface area contributed by atoms with Gasteiger partial charge in [0.05, 0.1) is 11.4 Å². The molecule has 1 heterocycles. The van der Waals surface area contributed by atoms with Gasteiger partial charge in [-0.15, -0.1) is 0 Å². The summed E-state index contributed by atoms with van der Waals surface area (Å²) in [5.41, 5.74) is 1.54. The lowest BCUT2D eigenvalue weighted by Crippen LogP contribution is -2.38. The topological polar surface area (TPSA) is 15.3 Å². The van der Waals surface area contributed by atoms with Crippen LogP contribution in [-0.2, 0) is 0 Å². The standard InChI is InChI=1S/C15H20F2N2/c16-12-8-14-15(9-13(12)17)19(7-6-18-14)10-11-4-2-1-3-5-11/h8-9,11,18H,1-7,10H2. The van der Waals surface area contributed by atoms with Crippen molar-refractivity contribution < 1.29 is 8.78 Å². The molecule has 1 aromatic carbocycles. The second-order valence-corrected chi connectivity index (χ2v) is 5.66. The molecule has 1 aromatic rings. The zero-order valence-electron chi connectivity index (χ0n) is 11.1. The quantitative estimate of drug-likeness (QED) is 0.876. The van der Waals surface area contributed by atoms with E-state index in [1.165, 1.54) is 44.2 Å². The van der Waals surface area contributed by atoms with E-state index in [0.717, 1.165) is 31.0 Å². The monoisotopic (exact) mass is 266 g/mol. The first-order valence-corrected chi connectivity index (χ1v) is 7.22. The molecule has 4 heteroatoms. The average Bonchev–Trinajstić information content (AvgIpc) is 2.42. The fraction of sp³-hybridized carbons (Fsp3) is 0.600. The maximum absolute atomic E-state index is 13.4. The number of fused-ring (bicyclic) bond motifs is 1. The van der Waals surface area contributed by atoms with E-state index in [1.807, 2.05) is 0 Å². The predicted molar refractivity (Wildman–Crippen MR) is 73.6 cm³/mol. The Bertz CT molecular complexity index is 456. The van der Waals surface area contributed by atoms with Gasteiger partial charge >= 0.3 is 0 Å². The molecule has 0 aromatic heterocycles. The van der Waals surface area contributed by atoms with Crippen molar-refractivity contribution in [3.63, 3.8) is 0 Å². The second kappa shape index (κ2) is 5.35. The summed E-state index contributed by atoms with van der Waals surface area (Å²) in [6, 6.07) is 2.61. The van der Waals surface area contributed by atoms with Gasteiger partial charge in [-0.25, -0.2) is 8.78 Å².